The van der Waals surface area contributed by atoms with Gasteiger partial charge in [0.2, 0.25) is 5.91 Å². The summed E-state index contributed by atoms with van der Waals surface area (Å²) in [6.07, 6.45) is 4.05. The van der Waals surface area contributed by atoms with E-state index in [0.717, 1.165) is 32.3 Å². The van der Waals surface area contributed by atoms with Gasteiger partial charge in [-0.3, -0.25) is 4.79 Å². The maximum absolute atomic E-state index is 11.7. The lowest BCUT2D eigenvalue weighted by atomic mass is 10.0. The van der Waals surface area contributed by atoms with Crippen LogP contribution in [0.4, 0.5) is 0 Å². The molecule has 100 valence electrons. The quantitative estimate of drug-likeness (QED) is 0.661. The number of nitrogens with two attached hydrogens (primary N) is 1. The molecule has 1 fully saturated rings. The Morgan fingerprint density at radius 1 is 1.41 bits per heavy atom. The van der Waals surface area contributed by atoms with E-state index >= 15 is 0 Å². The summed E-state index contributed by atoms with van der Waals surface area (Å²) in [4.78, 5) is 11.7. The number of carbonyl (C=O) groups is 1. The highest BCUT2D eigenvalue weighted by molar-refractivity contribution is 5.79. The molecule has 0 saturated heterocycles. The summed E-state index contributed by atoms with van der Waals surface area (Å²) in [5, 5.41) is 2.90. The number of rotatable bonds is 7. The number of hydrogen-bond donors (Lipinski definition) is 2. The lowest BCUT2D eigenvalue weighted by molar-refractivity contribution is -0.125. The molecule has 2 atom stereocenters. The lowest BCUT2D eigenvalue weighted by Crippen LogP contribution is -2.39. The number of carbonyl (C=O) groups excluding carboxylic acids is 1. The zero-order valence-electron chi connectivity index (χ0n) is 11.1. The van der Waals surface area contributed by atoms with E-state index in [-0.39, 0.29) is 17.9 Å². The van der Waals surface area contributed by atoms with Crippen LogP contribution in [0.15, 0.2) is 0 Å². The maximum atomic E-state index is 11.7. The molecule has 3 N–H and O–H groups in total. The third-order valence-corrected chi connectivity index (χ3v) is 3.29. The van der Waals surface area contributed by atoms with Gasteiger partial charge in [0, 0.05) is 19.2 Å². The fourth-order valence-electron chi connectivity index (χ4n) is 2.11. The van der Waals surface area contributed by atoms with Crippen LogP contribution in [0, 0.1) is 11.8 Å². The molecule has 0 spiro atoms. The van der Waals surface area contributed by atoms with Crippen molar-refractivity contribution in [1.82, 2.24) is 5.32 Å². The van der Waals surface area contributed by atoms with Gasteiger partial charge in [0.15, 0.2) is 0 Å². The Bertz CT molecular complexity index is 231. The summed E-state index contributed by atoms with van der Waals surface area (Å²) in [5.41, 5.74) is 5.87. The van der Waals surface area contributed by atoms with Gasteiger partial charge in [0.05, 0.1) is 12.5 Å². The number of nitrogens with one attached hydrogen (secondary N) is 1. The largest absolute Gasteiger partial charge is 0.380 e. The zero-order chi connectivity index (χ0) is 12.7. The van der Waals surface area contributed by atoms with E-state index in [9.17, 15) is 4.79 Å². The van der Waals surface area contributed by atoms with E-state index in [1.165, 1.54) is 0 Å². The SMILES string of the molecule is CC(C)CCOCCNC(=O)C1CCCC1N. The second-order valence-corrected chi connectivity index (χ2v) is 5.29. The predicted molar refractivity (Wildman–Crippen MR) is 68.6 cm³/mol. The van der Waals surface area contributed by atoms with Crippen molar-refractivity contribution in [3.63, 3.8) is 0 Å². The number of hydrogen-bond acceptors (Lipinski definition) is 3. The molecule has 0 heterocycles. The molecule has 4 heteroatoms. The Balaban J connectivity index is 2.00. The zero-order valence-corrected chi connectivity index (χ0v) is 11.1. The fourth-order valence-corrected chi connectivity index (χ4v) is 2.11. The molecule has 1 aliphatic rings. The molecular formula is C13H26N2O2. The van der Waals surface area contributed by atoms with Crippen molar-refractivity contribution in [2.45, 2.75) is 45.6 Å². The van der Waals surface area contributed by atoms with Crippen molar-refractivity contribution >= 4 is 5.91 Å². The van der Waals surface area contributed by atoms with Crippen LogP contribution in [-0.2, 0) is 9.53 Å². The molecular weight excluding hydrogens is 216 g/mol. The summed E-state index contributed by atoms with van der Waals surface area (Å²) in [7, 11) is 0. The Morgan fingerprint density at radius 2 is 2.18 bits per heavy atom. The highest BCUT2D eigenvalue weighted by Gasteiger charge is 2.29. The topological polar surface area (TPSA) is 64.3 Å². The molecule has 0 radical (unpaired) electrons. The van der Waals surface area contributed by atoms with Gasteiger partial charge in [-0.25, -0.2) is 0 Å². The van der Waals surface area contributed by atoms with Gasteiger partial charge in [0.1, 0.15) is 0 Å². The Kier molecular flexibility index (Phi) is 6.52. The van der Waals surface area contributed by atoms with Gasteiger partial charge in [-0.1, -0.05) is 20.3 Å². The van der Waals surface area contributed by atoms with Crippen molar-refractivity contribution in [2.24, 2.45) is 17.6 Å². The third-order valence-electron chi connectivity index (χ3n) is 3.29. The minimum Gasteiger partial charge on any atom is -0.380 e. The average molecular weight is 242 g/mol. The highest BCUT2D eigenvalue weighted by atomic mass is 16.5. The summed E-state index contributed by atoms with van der Waals surface area (Å²) in [5.74, 6) is 0.786. The summed E-state index contributed by atoms with van der Waals surface area (Å²) < 4.78 is 5.44. The van der Waals surface area contributed by atoms with Crippen LogP contribution in [0.25, 0.3) is 0 Å². The van der Waals surface area contributed by atoms with Crippen LogP contribution in [0.2, 0.25) is 0 Å². The first-order valence-corrected chi connectivity index (χ1v) is 6.72. The predicted octanol–water partition coefficient (Wildman–Crippen LogP) is 1.29. The molecule has 0 aliphatic heterocycles. The Hall–Kier alpha value is -0.610. The molecule has 1 amide bonds. The summed E-state index contributed by atoms with van der Waals surface area (Å²) >= 11 is 0. The van der Waals surface area contributed by atoms with Crippen LogP contribution in [0.3, 0.4) is 0 Å². The standard InChI is InChI=1S/C13H26N2O2/c1-10(2)6-8-17-9-7-15-13(16)11-4-3-5-12(11)14/h10-12H,3-9,14H2,1-2H3,(H,15,16). The van der Waals surface area contributed by atoms with Gasteiger partial charge in [-0.15, -0.1) is 0 Å². The van der Waals surface area contributed by atoms with E-state index in [1.54, 1.807) is 0 Å². The second-order valence-electron chi connectivity index (χ2n) is 5.29. The normalized spacial score (nSPS) is 24.2. The molecule has 0 bridgehead atoms. The third kappa shape index (κ3) is 5.50. The van der Waals surface area contributed by atoms with E-state index in [4.69, 9.17) is 10.5 Å². The molecule has 4 nitrogen and oxygen atoms in total. The Labute approximate surface area is 104 Å². The van der Waals surface area contributed by atoms with Crippen LogP contribution in [0.1, 0.15) is 39.5 Å². The average Bonchev–Trinajstić information content (AvgIpc) is 2.69. The van der Waals surface area contributed by atoms with Crippen molar-refractivity contribution in [3.05, 3.63) is 0 Å². The maximum Gasteiger partial charge on any atom is 0.224 e. The van der Waals surface area contributed by atoms with Crippen LogP contribution in [-0.4, -0.2) is 31.7 Å². The molecule has 0 aromatic rings. The van der Waals surface area contributed by atoms with Crippen molar-refractivity contribution in [1.29, 1.82) is 0 Å². The molecule has 17 heavy (non-hydrogen) atoms. The highest BCUT2D eigenvalue weighted by Crippen LogP contribution is 2.23. The number of amides is 1. The molecule has 1 saturated carbocycles. The first-order valence-electron chi connectivity index (χ1n) is 6.72. The van der Waals surface area contributed by atoms with Gasteiger partial charge in [-0.05, 0) is 25.2 Å². The number of ether oxygens (including phenoxy) is 1. The Morgan fingerprint density at radius 3 is 2.76 bits per heavy atom. The molecule has 1 aliphatic carbocycles. The summed E-state index contributed by atoms with van der Waals surface area (Å²) in [6.45, 7) is 6.32. The van der Waals surface area contributed by atoms with Gasteiger partial charge >= 0.3 is 0 Å². The van der Waals surface area contributed by atoms with Crippen molar-refractivity contribution in [3.8, 4) is 0 Å². The second kappa shape index (κ2) is 7.67. The van der Waals surface area contributed by atoms with E-state index in [1.807, 2.05) is 0 Å². The first-order chi connectivity index (χ1) is 8.11. The molecule has 0 aromatic heterocycles. The molecule has 2 unspecified atom stereocenters. The summed E-state index contributed by atoms with van der Waals surface area (Å²) in [6, 6.07) is 0.0526. The van der Waals surface area contributed by atoms with Gasteiger partial charge in [-0.2, -0.15) is 0 Å². The van der Waals surface area contributed by atoms with Gasteiger partial charge < -0.3 is 15.8 Å². The molecule has 0 aromatic carbocycles. The van der Waals surface area contributed by atoms with Crippen molar-refractivity contribution in [2.75, 3.05) is 19.8 Å². The molecule has 1 rings (SSSR count). The fraction of sp³-hybridized carbons (Fsp3) is 0.923. The van der Waals surface area contributed by atoms with E-state index in [2.05, 4.69) is 19.2 Å². The monoisotopic (exact) mass is 242 g/mol. The minimum absolute atomic E-state index is 0.0191. The van der Waals surface area contributed by atoms with Crippen molar-refractivity contribution < 1.29 is 9.53 Å². The smallest absolute Gasteiger partial charge is 0.224 e. The minimum atomic E-state index is 0.0191. The van der Waals surface area contributed by atoms with Crippen LogP contribution in [0.5, 0.6) is 0 Å². The van der Waals surface area contributed by atoms with Crippen LogP contribution >= 0.6 is 0 Å². The lowest BCUT2D eigenvalue weighted by Gasteiger charge is -2.15. The van der Waals surface area contributed by atoms with Gasteiger partial charge in [0.25, 0.3) is 0 Å². The first kappa shape index (κ1) is 14.5. The van der Waals surface area contributed by atoms with Crippen LogP contribution < -0.4 is 11.1 Å². The van der Waals surface area contributed by atoms with E-state index in [0.29, 0.717) is 19.1 Å². The van der Waals surface area contributed by atoms with E-state index < -0.39 is 0 Å².